The number of aromatic nitrogens is 1. The summed E-state index contributed by atoms with van der Waals surface area (Å²) in [5.41, 5.74) is 0.990. The molecule has 1 aromatic carbocycles. The normalized spacial score (nSPS) is 23.8. The zero-order chi connectivity index (χ0) is 17.4. The van der Waals surface area contributed by atoms with Gasteiger partial charge in [0.05, 0.1) is 10.8 Å². The fourth-order valence-electron chi connectivity index (χ4n) is 3.70. The van der Waals surface area contributed by atoms with E-state index in [0.717, 1.165) is 5.56 Å². The second-order valence-electron chi connectivity index (χ2n) is 6.58. The number of pyridine rings is 1. The Morgan fingerprint density at radius 1 is 1.04 bits per heavy atom. The first kappa shape index (κ1) is 16.2. The van der Waals surface area contributed by atoms with Gasteiger partial charge in [0.25, 0.3) is 0 Å². The second kappa shape index (κ2) is 6.24. The Hall–Kier alpha value is -2.25. The average Bonchev–Trinajstić information content (AvgIpc) is 3.17. The van der Waals surface area contributed by atoms with Gasteiger partial charge in [0, 0.05) is 44.5 Å². The predicted molar refractivity (Wildman–Crippen MR) is 91.8 cm³/mol. The molecule has 7 heteroatoms. The zero-order valence-electron chi connectivity index (χ0n) is 13.7. The molecule has 0 aliphatic carbocycles. The van der Waals surface area contributed by atoms with Crippen LogP contribution in [0.1, 0.15) is 5.56 Å². The van der Waals surface area contributed by atoms with Crippen LogP contribution in [0.2, 0.25) is 0 Å². The van der Waals surface area contributed by atoms with Crippen LogP contribution in [0.25, 0.3) is 0 Å². The molecule has 2 aliphatic heterocycles. The Bertz CT molecular complexity index is 871. The largest absolute Gasteiger partial charge is 0.338 e. The summed E-state index contributed by atoms with van der Waals surface area (Å²) in [7, 11) is -3.53. The molecular formula is C18H19N3O3S. The monoisotopic (exact) mass is 357 g/mol. The molecule has 0 bridgehead atoms. The van der Waals surface area contributed by atoms with Crippen LogP contribution in [0.5, 0.6) is 0 Å². The molecule has 2 saturated heterocycles. The molecular weight excluding hydrogens is 338 g/mol. The number of hydrogen-bond acceptors (Lipinski definition) is 4. The van der Waals surface area contributed by atoms with Gasteiger partial charge in [0.15, 0.2) is 0 Å². The minimum atomic E-state index is -3.53. The molecule has 4 rings (SSSR count). The summed E-state index contributed by atoms with van der Waals surface area (Å²) in [5.74, 6) is -0.141. The number of nitrogens with zero attached hydrogens (tertiary/aromatic N) is 3. The maximum Gasteiger partial charge on any atom is 0.243 e. The molecule has 2 fully saturated rings. The highest BCUT2D eigenvalue weighted by Gasteiger charge is 2.49. The van der Waals surface area contributed by atoms with Crippen molar-refractivity contribution in [2.24, 2.45) is 11.8 Å². The van der Waals surface area contributed by atoms with Gasteiger partial charge in [-0.25, -0.2) is 8.42 Å². The van der Waals surface area contributed by atoms with Crippen molar-refractivity contribution in [3.63, 3.8) is 0 Å². The summed E-state index contributed by atoms with van der Waals surface area (Å²) < 4.78 is 26.9. The third-order valence-electron chi connectivity index (χ3n) is 4.97. The Morgan fingerprint density at radius 2 is 1.84 bits per heavy atom. The fraction of sp³-hybridized carbons (Fsp3) is 0.333. The lowest BCUT2D eigenvalue weighted by molar-refractivity contribution is -0.131. The third kappa shape index (κ3) is 2.94. The maximum atomic E-state index is 12.7. The van der Waals surface area contributed by atoms with Crippen molar-refractivity contribution in [2.45, 2.75) is 11.4 Å². The number of benzene rings is 1. The number of rotatable bonds is 4. The summed E-state index contributed by atoms with van der Waals surface area (Å²) in [6.07, 6.45) is 3.46. The first-order valence-corrected chi connectivity index (χ1v) is 9.72. The van der Waals surface area contributed by atoms with Gasteiger partial charge in [-0.3, -0.25) is 9.78 Å². The lowest BCUT2D eigenvalue weighted by atomic mass is 10.0. The number of carbonyl (C=O) groups is 1. The Balaban J connectivity index is 1.47. The van der Waals surface area contributed by atoms with Crippen molar-refractivity contribution < 1.29 is 13.2 Å². The van der Waals surface area contributed by atoms with Gasteiger partial charge >= 0.3 is 0 Å². The number of likely N-dealkylation sites (tertiary alicyclic amines) is 1. The summed E-state index contributed by atoms with van der Waals surface area (Å²) in [6, 6.07) is 12.2. The molecule has 0 unspecified atom stereocenters. The van der Waals surface area contributed by atoms with Crippen molar-refractivity contribution in [1.29, 1.82) is 0 Å². The number of carbonyl (C=O) groups excluding carboxylic acids is 1. The van der Waals surface area contributed by atoms with Crippen molar-refractivity contribution in [3.05, 3.63) is 60.4 Å². The first-order chi connectivity index (χ1) is 12.1. The van der Waals surface area contributed by atoms with Gasteiger partial charge < -0.3 is 4.90 Å². The highest BCUT2D eigenvalue weighted by molar-refractivity contribution is 7.89. The van der Waals surface area contributed by atoms with Crippen LogP contribution in [-0.2, 0) is 21.4 Å². The van der Waals surface area contributed by atoms with Crippen molar-refractivity contribution in [2.75, 3.05) is 19.6 Å². The van der Waals surface area contributed by atoms with Gasteiger partial charge in [-0.05, 0) is 23.8 Å². The van der Waals surface area contributed by atoms with Gasteiger partial charge in [-0.2, -0.15) is 4.31 Å². The van der Waals surface area contributed by atoms with Gasteiger partial charge in [-0.1, -0.05) is 24.3 Å². The molecule has 0 spiro atoms. The number of sulfonamides is 1. The SMILES string of the molecule is O=C1[C@H]2CN(S(=O)(=O)c3ccccc3)C[C@H]2CN1Cc1cccnc1. The Morgan fingerprint density at radius 3 is 2.52 bits per heavy atom. The molecule has 6 nitrogen and oxygen atoms in total. The highest BCUT2D eigenvalue weighted by atomic mass is 32.2. The van der Waals surface area contributed by atoms with E-state index in [1.807, 2.05) is 17.0 Å². The molecule has 0 saturated carbocycles. The van der Waals surface area contributed by atoms with E-state index in [4.69, 9.17) is 0 Å². The standard InChI is InChI=1S/C18H19N3O3S/c22-18-17-13-21(25(23,24)16-6-2-1-3-7-16)12-15(17)11-20(18)10-14-5-4-8-19-9-14/h1-9,15,17H,10-13H2/t15-,17+/m1/s1. The van der Waals surface area contributed by atoms with E-state index in [1.165, 1.54) is 4.31 Å². The Kier molecular flexibility index (Phi) is 4.05. The van der Waals surface area contributed by atoms with E-state index >= 15 is 0 Å². The van der Waals surface area contributed by atoms with Crippen molar-refractivity contribution >= 4 is 15.9 Å². The summed E-state index contributed by atoms with van der Waals surface area (Å²) >= 11 is 0. The molecule has 2 atom stereocenters. The fourth-order valence-corrected chi connectivity index (χ4v) is 5.24. The van der Waals surface area contributed by atoms with Gasteiger partial charge in [-0.15, -0.1) is 0 Å². The molecule has 25 heavy (non-hydrogen) atoms. The second-order valence-corrected chi connectivity index (χ2v) is 8.52. The lowest BCUT2D eigenvalue weighted by Gasteiger charge is -2.21. The van der Waals surface area contributed by atoms with Crippen LogP contribution < -0.4 is 0 Å². The van der Waals surface area contributed by atoms with Crippen LogP contribution >= 0.6 is 0 Å². The topological polar surface area (TPSA) is 70.6 Å². The van der Waals surface area contributed by atoms with E-state index in [-0.39, 0.29) is 29.2 Å². The zero-order valence-corrected chi connectivity index (χ0v) is 14.5. The molecule has 1 aromatic heterocycles. The van der Waals surface area contributed by atoms with E-state index in [0.29, 0.717) is 19.6 Å². The van der Waals surface area contributed by atoms with E-state index in [2.05, 4.69) is 4.98 Å². The van der Waals surface area contributed by atoms with Crippen LogP contribution in [-0.4, -0.2) is 48.1 Å². The third-order valence-corrected chi connectivity index (χ3v) is 6.81. The lowest BCUT2D eigenvalue weighted by Crippen LogP contribution is -2.35. The highest BCUT2D eigenvalue weighted by Crippen LogP contribution is 2.35. The van der Waals surface area contributed by atoms with E-state index in [1.54, 1.807) is 42.7 Å². The molecule has 130 valence electrons. The summed E-state index contributed by atoms with van der Waals surface area (Å²) in [4.78, 5) is 18.9. The van der Waals surface area contributed by atoms with Crippen LogP contribution in [0.15, 0.2) is 59.8 Å². The first-order valence-electron chi connectivity index (χ1n) is 8.28. The summed E-state index contributed by atoms with van der Waals surface area (Å²) in [6.45, 7) is 1.80. The van der Waals surface area contributed by atoms with Crippen molar-refractivity contribution in [1.82, 2.24) is 14.2 Å². The average molecular weight is 357 g/mol. The quantitative estimate of drug-likeness (QED) is 0.828. The maximum absolute atomic E-state index is 12.7. The number of amides is 1. The van der Waals surface area contributed by atoms with E-state index in [9.17, 15) is 13.2 Å². The summed E-state index contributed by atoms with van der Waals surface area (Å²) in [5, 5.41) is 0. The van der Waals surface area contributed by atoms with Gasteiger partial charge in [0.1, 0.15) is 0 Å². The Labute approximate surface area is 147 Å². The molecule has 2 aromatic rings. The molecule has 3 heterocycles. The van der Waals surface area contributed by atoms with Gasteiger partial charge in [0.2, 0.25) is 15.9 Å². The minimum Gasteiger partial charge on any atom is -0.338 e. The molecule has 0 N–H and O–H groups in total. The van der Waals surface area contributed by atoms with Crippen molar-refractivity contribution in [3.8, 4) is 0 Å². The molecule has 0 radical (unpaired) electrons. The van der Waals surface area contributed by atoms with E-state index < -0.39 is 10.0 Å². The minimum absolute atomic E-state index is 0.0413. The van der Waals surface area contributed by atoms with Crippen LogP contribution in [0.3, 0.4) is 0 Å². The predicted octanol–water partition coefficient (Wildman–Crippen LogP) is 1.36. The molecule has 1 amide bonds. The van der Waals surface area contributed by atoms with Crippen LogP contribution in [0, 0.1) is 11.8 Å². The smallest absolute Gasteiger partial charge is 0.243 e. The number of fused-ring (bicyclic) bond motifs is 1. The van der Waals surface area contributed by atoms with Crippen LogP contribution in [0.4, 0.5) is 0 Å². The molecule has 2 aliphatic rings. The number of hydrogen-bond donors (Lipinski definition) is 0.